The van der Waals surface area contributed by atoms with Gasteiger partial charge in [-0.1, -0.05) is 18.9 Å². The number of nitrogens with zero attached hydrogens (tertiary/aromatic N) is 1. The van der Waals surface area contributed by atoms with Gasteiger partial charge in [0, 0.05) is 44.2 Å². The van der Waals surface area contributed by atoms with Crippen LogP contribution in [0.25, 0.3) is 0 Å². The predicted molar refractivity (Wildman–Crippen MR) is 93.6 cm³/mol. The molecule has 1 aromatic rings. The van der Waals surface area contributed by atoms with Crippen LogP contribution in [0.2, 0.25) is 0 Å². The third kappa shape index (κ3) is 5.37. The van der Waals surface area contributed by atoms with Crippen molar-refractivity contribution in [3.05, 3.63) is 24.3 Å². The second kappa shape index (κ2) is 8.47. The van der Waals surface area contributed by atoms with Gasteiger partial charge in [-0.25, -0.2) is 0 Å². The van der Waals surface area contributed by atoms with Crippen LogP contribution in [0.15, 0.2) is 24.3 Å². The summed E-state index contributed by atoms with van der Waals surface area (Å²) in [5, 5.41) is 5.49. The summed E-state index contributed by atoms with van der Waals surface area (Å²) in [6.07, 6.45) is 4.62. The molecule has 0 atom stereocenters. The Balaban J connectivity index is 1.88. The van der Waals surface area contributed by atoms with Gasteiger partial charge in [0.1, 0.15) is 0 Å². The predicted octanol–water partition coefficient (Wildman–Crippen LogP) is 2.76. The molecule has 2 N–H and O–H groups in total. The van der Waals surface area contributed by atoms with Crippen molar-refractivity contribution in [1.29, 1.82) is 0 Å². The summed E-state index contributed by atoms with van der Waals surface area (Å²) in [6.45, 7) is 3.44. The van der Waals surface area contributed by atoms with E-state index in [1.54, 1.807) is 31.2 Å². The smallest absolute Gasteiger partial charge is 0.226 e. The molecule has 3 amide bonds. The second-order valence-electron chi connectivity index (χ2n) is 6.21. The molecule has 0 unspecified atom stereocenters. The Hall–Kier alpha value is -2.37. The van der Waals surface area contributed by atoms with Crippen molar-refractivity contribution in [2.24, 2.45) is 0 Å². The van der Waals surface area contributed by atoms with Crippen molar-refractivity contribution in [3.8, 4) is 0 Å². The zero-order valence-electron chi connectivity index (χ0n) is 14.3. The van der Waals surface area contributed by atoms with E-state index in [9.17, 15) is 14.4 Å². The van der Waals surface area contributed by atoms with Crippen molar-refractivity contribution >= 4 is 29.1 Å². The molecule has 6 heteroatoms. The van der Waals surface area contributed by atoms with Crippen LogP contribution >= 0.6 is 0 Å². The van der Waals surface area contributed by atoms with E-state index in [0.717, 1.165) is 25.7 Å². The van der Waals surface area contributed by atoms with Gasteiger partial charge in [-0.05, 0) is 31.0 Å². The monoisotopic (exact) mass is 331 g/mol. The van der Waals surface area contributed by atoms with Gasteiger partial charge in [0.05, 0.1) is 0 Å². The van der Waals surface area contributed by atoms with Crippen molar-refractivity contribution in [2.45, 2.75) is 52.0 Å². The summed E-state index contributed by atoms with van der Waals surface area (Å²) in [5.74, 6) is -0.270. The topological polar surface area (TPSA) is 78.5 Å². The first-order chi connectivity index (χ1) is 11.5. The number of carbonyl (C=O) groups is 3. The van der Waals surface area contributed by atoms with Gasteiger partial charge < -0.3 is 15.5 Å². The molecule has 1 aliphatic carbocycles. The number of hydrogen-bond donors (Lipinski definition) is 2. The fourth-order valence-corrected chi connectivity index (χ4v) is 3.14. The van der Waals surface area contributed by atoms with Crippen LogP contribution in [0.1, 0.15) is 46.0 Å². The highest BCUT2D eigenvalue weighted by Crippen LogP contribution is 2.24. The fraction of sp³-hybridized carbons (Fsp3) is 0.500. The van der Waals surface area contributed by atoms with Gasteiger partial charge in [0.25, 0.3) is 0 Å². The zero-order chi connectivity index (χ0) is 17.5. The number of amides is 3. The molecule has 1 aromatic carbocycles. The molecular formula is C18H25N3O3. The van der Waals surface area contributed by atoms with Gasteiger partial charge in [0.15, 0.2) is 0 Å². The highest BCUT2D eigenvalue weighted by molar-refractivity contribution is 5.93. The maximum absolute atomic E-state index is 12.2. The van der Waals surface area contributed by atoms with E-state index in [0.29, 0.717) is 17.9 Å². The van der Waals surface area contributed by atoms with E-state index in [1.807, 2.05) is 4.90 Å². The van der Waals surface area contributed by atoms with Gasteiger partial charge in [-0.2, -0.15) is 0 Å². The van der Waals surface area contributed by atoms with Crippen molar-refractivity contribution in [3.63, 3.8) is 0 Å². The highest BCUT2D eigenvalue weighted by atomic mass is 16.2. The molecule has 0 aliphatic heterocycles. The van der Waals surface area contributed by atoms with Crippen molar-refractivity contribution < 1.29 is 14.4 Å². The summed E-state index contributed by atoms with van der Waals surface area (Å²) in [7, 11) is 0. The lowest BCUT2D eigenvalue weighted by atomic mass is 10.2. The number of rotatable bonds is 6. The van der Waals surface area contributed by atoms with Crippen LogP contribution in [0, 0.1) is 0 Å². The second-order valence-corrected chi connectivity index (χ2v) is 6.21. The molecule has 0 radical (unpaired) electrons. The molecule has 1 saturated carbocycles. The standard InChI is InChI=1S/C18H25N3O3/c1-13(22)19-15-6-5-7-16(12-15)20-18(24)10-11-21(14(2)23)17-8-3-4-9-17/h5-7,12,17H,3-4,8-11H2,1-2H3,(H,19,22)(H,20,24). The number of benzene rings is 1. The lowest BCUT2D eigenvalue weighted by Gasteiger charge is -2.27. The van der Waals surface area contributed by atoms with Crippen molar-refractivity contribution in [2.75, 3.05) is 17.2 Å². The van der Waals surface area contributed by atoms with Gasteiger partial charge >= 0.3 is 0 Å². The van der Waals surface area contributed by atoms with E-state index in [2.05, 4.69) is 10.6 Å². The SMILES string of the molecule is CC(=O)Nc1cccc(NC(=O)CCN(C(C)=O)C2CCCC2)c1. The molecule has 0 bridgehead atoms. The van der Waals surface area contributed by atoms with Gasteiger partial charge in [0.2, 0.25) is 17.7 Å². The minimum Gasteiger partial charge on any atom is -0.339 e. The average Bonchev–Trinajstić information content (AvgIpc) is 3.00. The van der Waals surface area contributed by atoms with Gasteiger partial charge in [-0.3, -0.25) is 14.4 Å². The number of hydrogen-bond acceptors (Lipinski definition) is 3. The Morgan fingerprint density at radius 1 is 1.08 bits per heavy atom. The Labute approximate surface area is 142 Å². The van der Waals surface area contributed by atoms with Crippen molar-refractivity contribution in [1.82, 2.24) is 4.90 Å². The number of carbonyl (C=O) groups excluding carboxylic acids is 3. The lowest BCUT2D eigenvalue weighted by Crippen LogP contribution is -2.39. The van der Waals surface area contributed by atoms with Crippen LogP contribution in [0.3, 0.4) is 0 Å². The lowest BCUT2D eigenvalue weighted by molar-refractivity contribution is -0.131. The van der Waals surface area contributed by atoms with E-state index < -0.39 is 0 Å². The number of nitrogens with one attached hydrogen (secondary N) is 2. The largest absolute Gasteiger partial charge is 0.339 e. The third-order valence-corrected chi connectivity index (χ3v) is 4.22. The summed E-state index contributed by atoms with van der Waals surface area (Å²) in [5.41, 5.74) is 1.26. The molecule has 6 nitrogen and oxygen atoms in total. The van der Waals surface area contributed by atoms with Gasteiger partial charge in [-0.15, -0.1) is 0 Å². The van der Waals surface area contributed by atoms with Crippen LogP contribution in [-0.2, 0) is 14.4 Å². The van der Waals surface area contributed by atoms with E-state index in [-0.39, 0.29) is 30.2 Å². The molecule has 2 rings (SSSR count). The molecule has 1 fully saturated rings. The van der Waals surface area contributed by atoms with Crippen LogP contribution in [-0.4, -0.2) is 35.2 Å². The number of anilines is 2. The van der Waals surface area contributed by atoms with E-state index in [4.69, 9.17) is 0 Å². The van der Waals surface area contributed by atoms with Crippen LogP contribution in [0.4, 0.5) is 11.4 Å². The Kier molecular flexibility index (Phi) is 6.35. The first-order valence-corrected chi connectivity index (χ1v) is 8.40. The van der Waals surface area contributed by atoms with E-state index in [1.165, 1.54) is 6.92 Å². The van der Waals surface area contributed by atoms with Crippen LogP contribution < -0.4 is 10.6 Å². The summed E-state index contributed by atoms with van der Waals surface area (Å²) in [6, 6.07) is 7.27. The normalized spacial score (nSPS) is 14.2. The highest BCUT2D eigenvalue weighted by Gasteiger charge is 2.24. The maximum atomic E-state index is 12.2. The third-order valence-electron chi connectivity index (χ3n) is 4.22. The summed E-state index contributed by atoms with van der Waals surface area (Å²) < 4.78 is 0. The van der Waals surface area contributed by atoms with Crippen LogP contribution in [0.5, 0.6) is 0 Å². The molecule has 1 aliphatic rings. The van der Waals surface area contributed by atoms with E-state index >= 15 is 0 Å². The molecule has 0 spiro atoms. The molecule has 0 saturated heterocycles. The quantitative estimate of drug-likeness (QED) is 0.841. The molecule has 0 heterocycles. The zero-order valence-corrected chi connectivity index (χ0v) is 14.3. The first-order valence-electron chi connectivity index (χ1n) is 8.40. The average molecular weight is 331 g/mol. The minimum atomic E-state index is -0.160. The summed E-state index contributed by atoms with van der Waals surface area (Å²) >= 11 is 0. The summed E-state index contributed by atoms with van der Waals surface area (Å²) in [4.78, 5) is 36.9. The Bertz CT molecular complexity index is 609. The molecule has 0 aromatic heterocycles. The maximum Gasteiger partial charge on any atom is 0.226 e. The first kappa shape index (κ1) is 18.0. The Morgan fingerprint density at radius 3 is 2.29 bits per heavy atom. The minimum absolute atomic E-state index is 0.0300. The Morgan fingerprint density at radius 2 is 1.71 bits per heavy atom. The molecular weight excluding hydrogens is 306 g/mol. The fourth-order valence-electron chi connectivity index (χ4n) is 3.14. The molecule has 130 valence electrons. The molecule has 24 heavy (non-hydrogen) atoms.